The molecule has 0 bridgehead atoms. The molecule has 3 aromatic carbocycles. The predicted molar refractivity (Wildman–Crippen MR) is 112 cm³/mol. The second-order valence-electron chi connectivity index (χ2n) is 7.10. The number of hydrogen-bond donors (Lipinski definition) is 0. The highest BCUT2D eigenvalue weighted by Crippen LogP contribution is 2.34. The van der Waals surface area contributed by atoms with Crippen molar-refractivity contribution in [3.63, 3.8) is 0 Å². The summed E-state index contributed by atoms with van der Waals surface area (Å²) < 4.78 is 13.7. The van der Waals surface area contributed by atoms with E-state index in [1.807, 2.05) is 48.5 Å². The van der Waals surface area contributed by atoms with Gasteiger partial charge in [0.05, 0.1) is 22.8 Å². The summed E-state index contributed by atoms with van der Waals surface area (Å²) in [5.41, 5.74) is 4.47. The van der Waals surface area contributed by atoms with Crippen molar-refractivity contribution in [2.45, 2.75) is 12.5 Å². The van der Waals surface area contributed by atoms with E-state index in [2.05, 4.69) is 15.1 Å². The molecule has 0 radical (unpaired) electrons. The van der Waals surface area contributed by atoms with Crippen LogP contribution in [0.5, 0.6) is 0 Å². The molecule has 0 fully saturated rings. The highest BCUT2D eigenvalue weighted by atomic mass is 19.1. The molecule has 5 rings (SSSR count). The van der Waals surface area contributed by atoms with Gasteiger partial charge >= 0.3 is 0 Å². The molecule has 0 saturated heterocycles. The molecule has 30 heavy (non-hydrogen) atoms. The zero-order valence-electron chi connectivity index (χ0n) is 15.9. The van der Waals surface area contributed by atoms with Gasteiger partial charge in [-0.2, -0.15) is 5.10 Å². The number of aromatic nitrogens is 2. The van der Waals surface area contributed by atoms with E-state index in [1.165, 1.54) is 23.2 Å². The van der Waals surface area contributed by atoms with Crippen molar-refractivity contribution >= 4 is 22.7 Å². The number of hydrazone groups is 1. The Labute approximate surface area is 172 Å². The average molecular weight is 396 g/mol. The summed E-state index contributed by atoms with van der Waals surface area (Å²) in [5, 5.41) is 6.10. The van der Waals surface area contributed by atoms with Crippen LogP contribution in [-0.2, 0) is 0 Å². The van der Waals surface area contributed by atoms with Gasteiger partial charge in [0.25, 0.3) is 5.91 Å². The van der Waals surface area contributed by atoms with Gasteiger partial charge in [0.1, 0.15) is 5.82 Å². The number of benzene rings is 3. The van der Waals surface area contributed by atoms with Crippen LogP contribution in [0.25, 0.3) is 11.0 Å². The molecule has 5 nitrogen and oxygen atoms in total. The Morgan fingerprint density at radius 1 is 0.900 bits per heavy atom. The lowest BCUT2D eigenvalue weighted by Crippen LogP contribution is -2.27. The number of rotatable bonds is 3. The molecule has 0 N–H and O–H groups in total. The molecule has 146 valence electrons. The summed E-state index contributed by atoms with van der Waals surface area (Å²) in [6, 6.07) is 20.9. The molecule has 6 heteroatoms. The fraction of sp³-hybridized carbons (Fsp3) is 0.0833. The maximum absolute atomic E-state index is 13.7. The summed E-state index contributed by atoms with van der Waals surface area (Å²) in [6.07, 6.45) is 3.84. The van der Waals surface area contributed by atoms with Crippen LogP contribution in [0.4, 0.5) is 4.39 Å². The smallest absolute Gasteiger partial charge is 0.267 e. The molecule has 1 aliphatic heterocycles. The van der Waals surface area contributed by atoms with E-state index in [9.17, 15) is 9.18 Å². The minimum Gasteiger partial charge on any atom is -0.267 e. The van der Waals surface area contributed by atoms with Crippen LogP contribution in [0.1, 0.15) is 33.9 Å². The van der Waals surface area contributed by atoms with E-state index in [4.69, 9.17) is 0 Å². The number of carbonyl (C=O) groups is 1. The molecule has 1 aliphatic rings. The first kappa shape index (κ1) is 18.1. The Hall–Kier alpha value is -3.93. The maximum atomic E-state index is 13.7. The normalized spacial score (nSPS) is 16.0. The van der Waals surface area contributed by atoms with Crippen LogP contribution >= 0.6 is 0 Å². The quantitative estimate of drug-likeness (QED) is 0.502. The van der Waals surface area contributed by atoms with E-state index in [0.717, 1.165) is 27.9 Å². The molecule has 2 heterocycles. The summed E-state index contributed by atoms with van der Waals surface area (Å²) in [4.78, 5) is 21.9. The first-order valence-corrected chi connectivity index (χ1v) is 9.62. The van der Waals surface area contributed by atoms with Crippen LogP contribution in [-0.4, -0.2) is 26.6 Å². The second kappa shape index (κ2) is 7.48. The fourth-order valence-corrected chi connectivity index (χ4v) is 3.70. The zero-order valence-corrected chi connectivity index (χ0v) is 15.9. The van der Waals surface area contributed by atoms with Crippen molar-refractivity contribution in [3.05, 3.63) is 108 Å². The Kier molecular flexibility index (Phi) is 4.52. The summed E-state index contributed by atoms with van der Waals surface area (Å²) >= 11 is 0. The molecule has 1 atom stereocenters. The topological polar surface area (TPSA) is 58.5 Å². The Morgan fingerprint density at radius 2 is 1.70 bits per heavy atom. The van der Waals surface area contributed by atoms with Gasteiger partial charge in [0, 0.05) is 24.4 Å². The summed E-state index contributed by atoms with van der Waals surface area (Å²) in [5.74, 6) is -0.797. The van der Waals surface area contributed by atoms with Crippen molar-refractivity contribution in [1.29, 1.82) is 0 Å². The molecule has 1 aromatic heterocycles. The lowest BCUT2D eigenvalue weighted by molar-refractivity contribution is 0.0710. The van der Waals surface area contributed by atoms with Crippen LogP contribution in [0.2, 0.25) is 0 Å². The third-order valence-corrected chi connectivity index (χ3v) is 5.18. The molecule has 4 aromatic rings. The van der Waals surface area contributed by atoms with E-state index in [1.54, 1.807) is 18.5 Å². The van der Waals surface area contributed by atoms with E-state index in [-0.39, 0.29) is 17.5 Å². The van der Waals surface area contributed by atoms with Gasteiger partial charge in [-0.3, -0.25) is 14.8 Å². The zero-order chi connectivity index (χ0) is 20.5. The van der Waals surface area contributed by atoms with Crippen molar-refractivity contribution in [2.75, 3.05) is 0 Å². The van der Waals surface area contributed by atoms with Gasteiger partial charge < -0.3 is 0 Å². The maximum Gasteiger partial charge on any atom is 0.274 e. The van der Waals surface area contributed by atoms with Crippen molar-refractivity contribution in [2.24, 2.45) is 5.10 Å². The van der Waals surface area contributed by atoms with Gasteiger partial charge in [-0.1, -0.05) is 42.5 Å². The summed E-state index contributed by atoms with van der Waals surface area (Å²) in [7, 11) is 0. The molecule has 0 aliphatic carbocycles. The lowest BCUT2D eigenvalue weighted by Gasteiger charge is -2.22. The number of amides is 1. The fourth-order valence-electron chi connectivity index (χ4n) is 3.70. The number of hydrogen-bond acceptors (Lipinski definition) is 4. The van der Waals surface area contributed by atoms with Crippen LogP contribution in [0.15, 0.2) is 90.3 Å². The molecule has 0 saturated carbocycles. The van der Waals surface area contributed by atoms with Crippen LogP contribution < -0.4 is 0 Å². The van der Waals surface area contributed by atoms with E-state index >= 15 is 0 Å². The van der Waals surface area contributed by atoms with Gasteiger partial charge in [0.15, 0.2) is 0 Å². The molecular weight excluding hydrogens is 379 g/mol. The SMILES string of the molecule is O=C(c1cccc(F)c1)N1N=C(c2ccccc2)C[C@H]1c1ccc2nccnc2c1. The monoisotopic (exact) mass is 396 g/mol. The molecule has 0 unspecified atom stereocenters. The molecule has 1 amide bonds. The third kappa shape index (κ3) is 3.33. The average Bonchev–Trinajstić information content (AvgIpc) is 3.24. The first-order valence-electron chi connectivity index (χ1n) is 9.62. The molecule has 0 spiro atoms. The van der Waals surface area contributed by atoms with E-state index in [0.29, 0.717) is 6.42 Å². The summed E-state index contributed by atoms with van der Waals surface area (Å²) in [6.45, 7) is 0. The lowest BCUT2D eigenvalue weighted by atomic mass is 9.97. The van der Waals surface area contributed by atoms with E-state index < -0.39 is 5.82 Å². The standard InChI is InChI=1S/C24H17FN4O/c25-19-8-4-7-18(13-19)24(30)29-23(15-21(28-29)16-5-2-1-3-6-16)17-9-10-20-22(14-17)27-12-11-26-20/h1-14,23H,15H2/t23-/m0/s1. The highest BCUT2D eigenvalue weighted by Gasteiger charge is 2.34. The highest BCUT2D eigenvalue weighted by molar-refractivity contribution is 6.05. The minimum absolute atomic E-state index is 0.263. The molecular formula is C24H17FN4O. The third-order valence-electron chi connectivity index (χ3n) is 5.18. The van der Waals surface area contributed by atoms with Crippen molar-refractivity contribution in [1.82, 2.24) is 15.0 Å². The van der Waals surface area contributed by atoms with Crippen molar-refractivity contribution in [3.8, 4) is 0 Å². The van der Waals surface area contributed by atoms with Gasteiger partial charge in [0.2, 0.25) is 0 Å². The Morgan fingerprint density at radius 3 is 2.50 bits per heavy atom. The van der Waals surface area contributed by atoms with Gasteiger partial charge in [-0.05, 0) is 41.5 Å². The first-order chi connectivity index (χ1) is 14.7. The van der Waals surface area contributed by atoms with Gasteiger partial charge in [-0.25, -0.2) is 9.40 Å². The van der Waals surface area contributed by atoms with Crippen LogP contribution in [0.3, 0.4) is 0 Å². The number of fused-ring (bicyclic) bond motifs is 1. The number of halogens is 1. The Balaban J connectivity index is 1.58. The number of carbonyl (C=O) groups excluding carboxylic acids is 1. The van der Waals surface area contributed by atoms with Crippen molar-refractivity contribution < 1.29 is 9.18 Å². The minimum atomic E-state index is -0.454. The van der Waals surface area contributed by atoms with Crippen LogP contribution in [0, 0.1) is 5.82 Å². The van der Waals surface area contributed by atoms with Gasteiger partial charge in [-0.15, -0.1) is 0 Å². The predicted octanol–water partition coefficient (Wildman–Crippen LogP) is 4.76. The Bertz CT molecular complexity index is 1270. The largest absolute Gasteiger partial charge is 0.274 e. The number of nitrogens with zero attached hydrogens (tertiary/aromatic N) is 4. The second-order valence-corrected chi connectivity index (χ2v) is 7.10.